The average Bonchev–Trinajstić information content (AvgIpc) is 3.76. The molecule has 1 amide bonds. The zero-order chi connectivity index (χ0) is 49.5. The number of pyridine rings is 1. The van der Waals surface area contributed by atoms with Gasteiger partial charge in [-0.1, -0.05) is 37.1 Å². The number of amides is 1. The summed E-state index contributed by atoms with van der Waals surface area (Å²) in [4.78, 5) is 36.5. The number of aromatic nitrogens is 2. The third-order valence-corrected chi connectivity index (χ3v) is 15.5. The van der Waals surface area contributed by atoms with Gasteiger partial charge >= 0.3 is 6.18 Å². The number of nitrogens with zero attached hydrogens (tertiary/aromatic N) is 5. The van der Waals surface area contributed by atoms with E-state index in [4.69, 9.17) is 21.1 Å². The van der Waals surface area contributed by atoms with Crippen LogP contribution in [0.5, 0.6) is 11.5 Å². The smallest absolute Gasteiger partial charge is 0.416 e. The minimum atomic E-state index is -4.71. The highest BCUT2D eigenvalue weighted by Gasteiger charge is 2.34. The topological polar surface area (TPSA) is 209 Å². The van der Waals surface area contributed by atoms with Crippen molar-refractivity contribution in [3.8, 4) is 11.5 Å². The van der Waals surface area contributed by atoms with E-state index >= 15 is 0 Å². The Hall–Kier alpha value is -5.78. The van der Waals surface area contributed by atoms with Crippen LogP contribution in [-0.4, -0.2) is 118 Å². The minimum Gasteiger partial charge on any atom is -0.455 e. The Bertz CT molecular complexity index is 3050. The first-order valence-corrected chi connectivity index (χ1v) is 25.7. The molecule has 1 aliphatic carbocycles. The molecular weight excluding hydrogens is 965 g/mol. The quantitative estimate of drug-likeness (QED) is 0.0715. The van der Waals surface area contributed by atoms with Crippen molar-refractivity contribution in [1.82, 2.24) is 23.9 Å². The highest BCUT2D eigenvalue weighted by molar-refractivity contribution is 7.90. The van der Waals surface area contributed by atoms with Crippen molar-refractivity contribution >= 4 is 71.2 Å². The molecule has 2 aliphatic heterocycles. The maximum absolute atomic E-state index is 14.0. The molecule has 8 rings (SSSR count). The summed E-state index contributed by atoms with van der Waals surface area (Å²) in [6.45, 7) is 7.56. The highest BCUT2D eigenvalue weighted by atomic mass is 35.5. The number of nitro groups is 1. The Kier molecular flexibility index (Phi) is 14.1. The zero-order valence-electron chi connectivity index (χ0n) is 37.8. The summed E-state index contributed by atoms with van der Waals surface area (Å²) in [6.07, 6.45) is 1.43. The number of anilines is 2. The number of morpholine rings is 1. The second kappa shape index (κ2) is 19.5. The number of halogens is 4. The predicted molar refractivity (Wildman–Crippen MR) is 255 cm³/mol. The van der Waals surface area contributed by atoms with Crippen LogP contribution in [0, 0.1) is 15.5 Å². The molecule has 2 aromatic heterocycles. The maximum atomic E-state index is 14.0. The fourth-order valence-electron chi connectivity index (χ4n) is 8.80. The number of sulfonamides is 2. The van der Waals surface area contributed by atoms with E-state index in [0.29, 0.717) is 56.0 Å². The number of carbonyl (C=O) groups excluding carboxylic acids is 1. The van der Waals surface area contributed by atoms with E-state index in [1.807, 2.05) is 4.72 Å². The number of H-pyrrole nitrogens is 1. The number of nitro benzene ring substituents is 1. The van der Waals surface area contributed by atoms with E-state index < -0.39 is 59.3 Å². The summed E-state index contributed by atoms with van der Waals surface area (Å²) >= 11 is 6.53. The second-order valence-electron chi connectivity index (χ2n) is 18.1. The standard InChI is InChI=1S/C46H50ClF3N8O9S2/c1-45(2)12-10-30(38(24-45)36-7-4-31(21-39(36)47)46(48,49)50)27-55-14-16-56(17-15-55)32-5-8-37(42(22-32)67-33-20-29-11-13-51-43(29)53-25-33)44(59)54-69(64,65)35-6-9-40(41(23-35)58(60)61)52-26-34-28-57(18-19-66-34)68(3,62)63/h4-9,11,13,20-23,25,34,52H,10,12,14-19,24,26-28H2,1-3H3,(H,51,53)(H,54,59). The number of aromatic amines is 1. The van der Waals surface area contributed by atoms with Crippen molar-refractivity contribution in [2.45, 2.75) is 50.3 Å². The number of carbonyl (C=O) groups is 1. The van der Waals surface area contributed by atoms with Crippen LogP contribution < -0.4 is 19.7 Å². The van der Waals surface area contributed by atoms with Gasteiger partial charge in [0.15, 0.2) is 0 Å². The first-order valence-electron chi connectivity index (χ1n) is 22.0. The monoisotopic (exact) mass is 1010 g/mol. The molecule has 3 N–H and O–H groups in total. The van der Waals surface area contributed by atoms with Gasteiger partial charge in [-0.05, 0) is 84.3 Å². The number of alkyl halides is 3. The van der Waals surface area contributed by atoms with E-state index in [-0.39, 0.29) is 59.4 Å². The molecule has 3 aromatic carbocycles. The van der Waals surface area contributed by atoms with Crippen molar-refractivity contribution in [2.24, 2.45) is 5.41 Å². The van der Waals surface area contributed by atoms with E-state index in [2.05, 4.69) is 38.9 Å². The number of hydrogen-bond acceptors (Lipinski definition) is 13. The van der Waals surface area contributed by atoms with Crippen LogP contribution >= 0.6 is 11.6 Å². The van der Waals surface area contributed by atoms with Crippen molar-refractivity contribution < 1.29 is 49.2 Å². The van der Waals surface area contributed by atoms with Gasteiger partial charge in [-0.2, -0.15) is 17.5 Å². The molecule has 4 heterocycles. The summed E-state index contributed by atoms with van der Waals surface area (Å²) in [5, 5.41) is 15.8. The zero-order valence-corrected chi connectivity index (χ0v) is 40.2. The van der Waals surface area contributed by atoms with E-state index in [9.17, 15) is 44.9 Å². The second-order valence-corrected chi connectivity index (χ2v) is 22.2. The normalized spacial score (nSPS) is 18.6. The summed E-state index contributed by atoms with van der Waals surface area (Å²) in [5.41, 5.74) is 2.32. The Balaban J connectivity index is 0.996. The highest BCUT2D eigenvalue weighted by Crippen LogP contribution is 2.46. The summed E-state index contributed by atoms with van der Waals surface area (Å²) in [6, 6.07) is 14.9. The van der Waals surface area contributed by atoms with Gasteiger partial charge < -0.3 is 24.7 Å². The molecule has 0 spiro atoms. The molecule has 0 saturated carbocycles. The van der Waals surface area contributed by atoms with Crippen LogP contribution in [0.25, 0.3) is 16.6 Å². The number of fused-ring (bicyclic) bond motifs is 1. The lowest BCUT2D eigenvalue weighted by Gasteiger charge is -2.39. The third kappa shape index (κ3) is 11.6. The van der Waals surface area contributed by atoms with Gasteiger partial charge in [-0.15, -0.1) is 0 Å². The number of benzene rings is 3. The number of ether oxygens (including phenoxy) is 2. The van der Waals surface area contributed by atoms with E-state index in [1.165, 1.54) is 28.7 Å². The molecule has 69 heavy (non-hydrogen) atoms. The number of allylic oxidation sites excluding steroid dienone is 1. The van der Waals surface area contributed by atoms with Gasteiger partial charge in [-0.3, -0.25) is 19.8 Å². The van der Waals surface area contributed by atoms with Crippen LogP contribution in [0.1, 0.15) is 54.6 Å². The lowest BCUT2D eigenvalue weighted by Crippen LogP contribution is -2.47. The van der Waals surface area contributed by atoms with Crippen molar-refractivity contribution in [3.63, 3.8) is 0 Å². The Morgan fingerprint density at radius 1 is 1.03 bits per heavy atom. The number of hydrogen-bond donors (Lipinski definition) is 3. The SMILES string of the molecule is CC1(C)CCC(CN2CCN(c3ccc(C(=O)NS(=O)(=O)c4ccc(NCC5CN(S(C)(=O)=O)CCO5)c([N+](=O)[O-])c4)c(Oc4cnc5[nH]ccc5c4)c3)CC2)=C(c2ccc(C(F)(F)F)cc2Cl)C1. The van der Waals surface area contributed by atoms with Gasteiger partial charge in [0.1, 0.15) is 22.8 Å². The molecule has 0 radical (unpaired) electrons. The fraction of sp³-hybridized carbons (Fsp3) is 0.391. The van der Waals surface area contributed by atoms with E-state index in [1.54, 1.807) is 30.5 Å². The molecule has 1 atom stereocenters. The average molecular weight is 1020 g/mol. The maximum Gasteiger partial charge on any atom is 0.416 e. The number of piperazine rings is 1. The molecule has 368 valence electrons. The summed E-state index contributed by atoms with van der Waals surface area (Å²) in [5.74, 6) is -0.799. The minimum absolute atomic E-state index is 0.0113. The van der Waals surface area contributed by atoms with Gasteiger partial charge in [0.05, 0.1) is 46.1 Å². The molecule has 23 heteroatoms. The van der Waals surface area contributed by atoms with Crippen LogP contribution in [0.3, 0.4) is 0 Å². The summed E-state index contributed by atoms with van der Waals surface area (Å²) in [7, 11) is -8.21. The first-order chi connectivity index (χ1) is 32.5. The number of rotatable bonds is 14. The molecule has 5 aromatic rings. The molecule has 2 saturated heterocycles. The van der Waals surface area contributed by atoms with Gasteiger partial charge in [0, 0.05) is 86.8 Å². The molecule has 2 fully saturated rings. The summed E-state index contributed by atoms with van der Waals surface area (Å²) < 4.78 is 107. The van der Waals surface area contributed by atoms with Crippen molar-refractivity contribution in [1.29, 1.82) is 0 Å². The first kappa shape index (κ1) is 49.6. The fourth-order valence-corrected chi connectivity index (χ4v) is 10.9. The van der Waals surface area contributed by atoms with Crippen LogP contribution in [0.15, 0.2) is 89.6 Å². The largest absolute Gasteiger partial charge is 0.455 e. The van der Waals surface area contributed by atoms with Crippen molar-refractivity contribution in [2.75, 3.05) is 75.4 Å². The molecule has 1 unspecified atom stereocenters. The molecule has 3 aliphatic rings. The Morgan fingerprint density at radius 2 is 1.80 bits per heavy atom. The van der Waals surface area contributed by atoms with Gasteiger partial charge in [-0.25, -0.2) is 26.5 Å². The van der Waals surface area contributed by atoms with Crippen molar-refractivity contribution in [3.05, 3.63) is 117 Å². The van der Waals surface area contributed by atoms with Crippen LogP contribution in [-0.2, 0) is 31.0 Å². The molecule has 17 nitrogen and oxygen atoms in total. The van der Waals surface area contributed by atoms with Crippen LogP contribution in [0.4, 0.5) is 30.2 Å². The lowest BCUT2D eigenvalue weighted by molar-refractivity contribution is -0.384. The van der Waals surface area contributed by atoms with Gasteiger partial charge in [0.25, 0.3) is 21.6 Å². The predicted octanol–water partition coefficient (Wildman–Crippen LogP) is 7.91. The molecule has 0 bridgehead atoms. The van der Waals surface area contributed by atoms with Gasteiger partial charge in [0.2, 0.25) is 10.0 Å². The third-order valence-electron chi connectivity index (χ3n) is 12.6. The Morgan fingerprint density at radius 3 is 2.51 bits per heavy atom. The Labute approximate surface area is 401 Å². The van der Waals surface area contributed by atoms with E-state index in [0.717, 1.165) is 59.9 Å². The lowest BCUT2D eigenvalue weighted by atomic mass is 9.72. The molecular formula is C46H50ClF3N8O9S2. The number of nitrogens with one attached hydrogen (secondary N) is 3. The van der Waals surface area contributed by atoms with Crippen LogP contribution in [0.2, 0.25) is 5.02 Å².